The lowest BCUT2D eigenvalue weighted by Gasteiger charge is -2.29. The van der Waals surface area contributed by atoms with Crippen molar-refractivity contribution in [3.05, 3.63) is 58.9 Å². The van der Waals surface area contributed by atoms with Crippen molar-refractivity contribution >= 4 is 15.7 Å². The number of hydrogen-bond acceptors (Lipinski definition) is 3. The smallest absolute Gasteiger partial charge is 0.261 e. The van der Waals surface area contributed by atoms with Crippen LogP contribution in [0.25, 0.3) is 0 Å². The molecule has 1 N–H and O–H groups in total. The molecule has 0 aliphatic carbocycles. The average molecular weight is 489 g/mol. The number of aryl methyl sites for hydroxylation is 1. The number of rotatable bonds is 14. The number of benzene rings is 2. The topological polar surface area (TPSA) is 49.4 Å². The first-order valence-electron chi connectivity index (χ1n) is 13.1. The zero-order valence-electron chi connectivity index (χ0n) is 20.9. The van der Waals surface area contributed by atoms with Crippen LogP contribution < -0.4 is 4.72 Å². The molecule has 0 saturated heterocycles. The highest BCUT2D eigenvalue weighted by Gasteiger charge is 2.21. The maximum atomic E-state index is 14.7. The number of nitrogens with zero attached hydrogens (tertiary/aromatic N) is 1. The van der Waals surface area contributed by atoms with Gasteiger partial charge in [0, 0.05) is 13.1 Å². The Balaban J connectivity index is 1.59. The Morgan fingerprint density at radius 1 is 0.882 bits per heavy atom. The molecule has 0 fully saturated rings. The van der Waals surface area contributed by atoms with Crippen LogP contribution in [-0.2, 0) is 29.4 Å². The van der Waals surface area contributed by atoms with Crippen LogP contribution >= 0.6 is 0 Å². The van der Waals surface area contributed by atoms with E-state index < -0.39 is 15.8 Å². The predicted octanol–water partition coefficient (Wildman–Crippen LogP) is 7.08. The van der Waals surface area contributed by atoms with Crippen LogP contribution in [0.5, 0.6) is 0 Å². The molecule has 3 rings (SSSR count). The van der Waals surface area contributed by atoms with E-state index in [0.717, 1.165) is 56.4 Å². The van der Waals surface area contributed by atoms with Gasteiger partial charge in [0.15, 0.2) is 0 Å². The largest absolute Gasteiger partial charge is 0.299 e. The second-order valence-corrected chi connectivity index (χ2v) is 11.3. The Kier molecular flexibility index (Phi) is 10.4. The van der Waals surface area contributed by atoms with E-state index in [9.17, 15) is 12.8 Å². The molecule has 0 unspecified atom stereocenters. The van der Waals surface area contributed by atoms with Gasteiger partial charge >= 0.3 is 0 Å². The zero-order chi connectivity index (χ0) is 24.4. The van der Waals surface area contributed by atoms with Crippen molar-refractivity contribution in [1.82, 2.24) is 4.90 Å². The highest BCUT2D eigenvalue weighted by atomic mass is 32.2. The molecule has 0 radical (unpaired) electrons. The number of anilines is 1. The lowest BCUT2D eigenvalue weighted by atomic mass is 9.99. The molecule has 188 valence electrons. The van der Waals surface area contributed by atoms with Crippen LogP contribution in [0.2, 0.25) is 0 Å². The summed E-state index contributed by atoms with van der Waals surface area (Å²) in [5.74, 6) is -0.522. The maximum absolute atomic E-state index is 14.7. The first kappa shape index (κ1) is 26.7. The third-order valence-corrected chi connectivity index (χ3v) is 8.12. The quantitative estimate of drug-likeness (QED) is 0.289. The second-order valence-electron chi connectivity index (χ2n) is 9.60. The minimum absolute atomic E-state index is 0.00529. The third kappa shape index (κ3) is 7.81. The van der Waals surface area contributed by atoms with Gasteiger partial charge < -0.3 is 0 Å². The zero-order valence-corrected chi connectivity index (χ0v) is 21.7. The number of halogens is 1. The lowest BCUT2D eigenvalue weighted by molar-refractivity contribution is 0.248. The summed E-state index contributed by atoms with van der Waals surface area (Å²) in [7, 11) is -3.85. The summed E-state index contributed by atoms with van der Waals surface area (Å²) in [5, 5.41) is 0. The summed E-state index contributed by atoms with van der Waals surface area (Å²) < 4.78 is 43.1. The van der Waals surface area contributed by atoms with Crippen molar-refractivity contribution in [1.29, 1.82) is 0 Å². The first-order valence-corrected chi connectivity index (χ1v) is 14.6. The third-order valence-electron chi connectivity index (χ3n) is 6.75. The summed E-state index contributed by atoms with van der Waals surface area (Å²) in [5.41, 5.74) is 3.18. The molecule has 4 nitrogen and oxygen atoms in total. The molecule has 0 atom stereocenters. The van der Waals surface area contributed by atoms with Crippen molar-refractivity contribution in [2.45, 2.75) is 95.9 Å². The lowest BCUT2D eigenvalue weighted by Crippen LogP contribution is -2.31. The number of fused-ring (bicyclic) bond motifs is 1. The van der Waals surface area contributed by atoms with Gasteiger partial charge in [-0.15, -0.1) is 0 Å². The molecule has 0 spiro atoms. The van der Waals surface area contributed by atoms with E-state index in [2.05, 4.69) is 23.5 Å². The number of nitrogens with one attached hydrogen (secondary N) is 1. The number of hydrogen-bond donors (Lipinski definition) is 1. The van der Waals surface area contributed by atoms with Crippen molar-refractivity contribution in [2.24, 2.45) is 0 Å². The van der Waals surface area contributed by atoms with Crippen LogP contribution in [0.4, 0.5) is 10.1 Å². The van der Waals surface area contributed by atoms with Crippen molar-refractivity contribution in [2.75, 3.05) is 17.8 Å². The van der Waals surface area contributed by atoms with Crippen LogP contribution in [0, 0.1) is 5.82 Å². The summed E-state index contributed by atoms with van der Waals surface area (Å²) in [6.07, 6.45) is 12.4. The van der Waals surface area contributed by atoms with Crippen LogP contribution in [0.1, 0.15) is 88.3 Å². The van der Waals surface area contributed by atoms with Crippen molar-refractivity contribution < 1.29 is 12.8 Å². The Hall–Kier alpha value is -1.92. The van der Waals surface area contributed by atoms with Crippen LogP contribution in [0.3, 0.4) is 0 Å². The van der Waals surface area contributed by atoms with E-state index in [1.165, 1.54) is 56.6 Å². The molecule has 1 heterocycles. The maximum Gasteiger partial charge on any atom is 0.261 e. The molecule has 0 saturated carbocycles. The van der Waals surface area contributed by atoms with E-state index in [1.807, 2.05) is 12.1 Å². The summed E-state index contributed by atoms with van der Waals surface area (Å²) in [4.78, 5) is 2.65. The highest BCUT2D eigenvalue weighted by Crippen LogP contribution is 2.26. The molecule has 1 aliphatic rings. The van der Waals surface area contributed by atoms with E-state index in [0.29, 0.717) is 0 Å². The van der Waals surface area contributed by atoms with Gasteiger partial charge in [-0.3, -0.25) is 9.62 Å². The van der Waals surface area contributed by atoms with Gasteiger partial charge in [0.1, 0.15) is 5.82 Å². The molecule has 1 aliphatic heterocycles. The van der Waals surface area contributed by atoms with Gasteiger partial charge in [-0.25, -0.2) is 12.8 Å². The van der Waals surface area contributed by atoms with Crippen molar-refractivity contribution in [3.8, 4) is 0 Å². The van der Waals surface area contributed by atoms with E-state index in [-0.39, 0.29) is 10.6 Å². The number of sulfonamides is 1. The van der Waals surface area contributed by atoms with Gasteiger partial charge in [0.2, 0.25) is 0 Å². The number of unbranched alkanes of at least 4 members (excludes halogenated alkanes) is 7. The van der Waals surface area contributed by atoms with E-state index >= 15 is 0 Å². The molecule has 0 amide bonds. The summed E-state index contributed by atoms with van der Waals surface area (Å²) in [6, 6.07) is 10.1. The fraction of sp³-hybridized carbons (Fsp3) is 0.571. The Bertz CT molecular complexity index is 1020. The summed E-state index contributed by atoms with van der Waals surface area (Å²) in [6.45, 7) is 7.31. The van der Waals surface area contributed by atoms with Gasteiger partial charge in [0.25, 0.3) is 10.0 Å². The molecular weight excluding hydrogens is 447 g/mol. The average Bonchev–Trinajstić information content (AvgIpc) is 2.83. The molecule has 0 aromatic heterocycles. The van der Waals surface area contributed by atoms with E-state index in [1.54, 1.807) is 18.2 Å². The van der Waals surface area contributed by atoms with E-state index in [4.69, 9.17) is 0 Å². The monoisotopic (exact) mass is 488 g/mol. The fourth-order valence-electron chi connectivity index (χ4n) is 4.64. The van der Waals surface area contributed by atoms with Gasteiger partial charge in [-0.05, 0) is 73.2 Å². The first-order chi connectivity index (χ1) is 16.4. The van der Waals surface area contributed by atoms with Gasteiger partial charge in [0.05, 0.1) is 10.6 Å². The normalized spacial score (nSPS) is 14.2. The minimum atomic E-state index is -3.85. The van der Waals surface area contributed by atoms with Crippen molar-refractivity contribution in [3.63, 3.8) is 0 Å². The van der Waals surface area contributed by atoms with Gasteiger partial charge in [-0.1, -0.05) is 70.9 Å². The standard InChI is InChI=1S/C28H41FN2O2S/c1-3-5-7-9-10-12-23-13-16-28(27(29)20-23)30-34(32,33)26-15-14-25-22-31(18-11-8-6-4-2)19-17-24(25)21-26/h13-16,20-21,30H,3-12,17-19,22H2,1-2H3. The Morgan fingerprint density at radius 3 is 2.35 bits per heavy atom. The molecular formula is C28H41FN2O2S. The molecule has 0 bridgehead atoms. The summed E-state index contributed by atoms with van der Waals surface area (Å²) >= 11 is 0. The highest BCUT2D eigenvalue weighted by molar-refractivity contribution is 7.92. The fourth-order valence-corrected chi connectivity index (χ4v) is 5.76. The van der Waals surface area contributed by atoms with Gasteiger partial charge in [-0.2, -0.15) is 0 Å². The van der Waals surface area contributed by atoms with Crippen LogP contribution in [0.15, 0.2) is 41.3 Å². The molecule has 6 heteroatoms. The Labute approximate surface area is 206 Å². The predicted molar refractivity (Wildman–Crippen MR) is 139 cm³/mol. The Morgan fingerprint density at radius 2 is 1.62 bits per heavy atom. The molecule has 34 heavy (non-hydrogen) atoms. The SMILES string of the molecule is CCCCCCCc1ccc(NS(=O)(=O)c2ccc3c(c2)CCN(CCCCCC)C3)c(F)c1. The minimum Gasteiger partial charge on any atom is -0.299 e. The second kappa shape index (κ2) is 13.2. The van der Waals surface area contributed by atoms with Crippen LogP contribution in [-0.4, -0.2) is 26.4 Å². The molecule has 2 aromatic carbocycles. The molecule has 2 aromatic rings.